The van der Waals surface area contributed by atoms with E-state index in [1.807, 2.05) is 25.2 Å². The Balaban J connectivity index is 0.00000220. The van der Waals surface area contributed by atoms with Gasteiger partial charge >= 0.3 is 0 Å². The molecule has 2 N–H and O–H groups in total. The number of aliphatic imine (C=N–C) groups is 1. The van der Waals surface area contributed by atoms with E-state index in [2.05, 4.69) is 20.5 Å². The van der Waals surface area contributed by atoms with E-state index in [-0.39, 0.29) is 24.0 Å². The van der Waals surface area contributed by atoms with E-state index in [9.17, 15) is 0 Å². The van der Waals surface area contributed by atoms with E-state index in [4.69, 9.17) is 16.3 Å². The fourth-order valence-electron chi connectivity index (χ4n) is 2.45. The van der Waals surface area contributed by atoms with Crippen LogP contribution in [-0.2, 0) is 0 Å². The van der Waals surface area contributed by atoms with Crippen molar-refractivity contribution in [3.8, 4) is 5.75 Å². The summed E-state index contributed by atoms with van der Waals surface area (Å²) in [5.74, 6) is 1.67. The molecule has 1 heterocycles. The zero-order valence-electron chi connectivity index (χ0n) is 12.5. The van der Waals surface area contributed by atoms with Crippen LogP contribution < -0.4 is 20.3 Å². The van der Waals surface area contributed by atoms with Gasteiger partial charge in [0.05, 0.1) is 12.8 Å². The summed E-state index contributed by atoms with van der Waals surface area (Å²) in [6.07, 6.45) is 1.05. The molecule has 0 amide bonds. The summed E-state index contributed by atoms with van der Waals surface area (Å²) >= 11 is 6.09. The summed E-state index contributed by atoms with van der Waals surface area (Å²) in [7, 11) is 5.31. The van der Waals surface area contributed by atoms with Crippen LogP contribution in [0.3, 0.4) is 0 Å². The van der Waals surface area contributed by atoms with Gasteiger partial charge in [-0.1, -0.05) is 11.6 Å². The van der Waals surface area contributed by atoms with Gasteiger partial charge in [0, 0.05) is 38.2 Å². The molecule has 1 aromatic rings. The van der Waals surface area contributed by atoms with Gasteiger partial charge in [-0.3, -0.25) is 4.99 Å². The van der Waals surface area contributed by atoms with Gasteiger partial charge in [0.1, 0.15) is 5.75 Å². The average Bonchev–Trinajstić information content (AvgIpc) is 2.93. The highest BCUT2D eigenvalue weighted by Crippen LogP contribution is 2.33. The first-order chi connectivity index (χ1) is 9.67. The summed E-state index contributed by atoms with van der Waals surface area (Å²) in [6.45, 7) is 1.87. The summed E-state index contributed by atoms with van der Waals surface area (Å²) in [5.41, 5.74) is 1.05. The molecule has 1 saturated heterocycles. The number of ether oxygens (including phenoxy) is 1. The number of hydrogen-bond donors (Lipinski definition) is 2. The van der Waals surface area contributed by atoms with Crippen molar-refractivity contribution in [1.29, 1.82) is 0 Å². The molecule has 1 aromatic carbocycles. The number of halogens is 2. The Morgan fingerprint density at radius 2 is 2.24 bits per heavy atom. The minimum absolute atomic E-state index is 0. The Bertz CT molecular complexity index is 498. The molecule has 0 radical (unpaired) electrons. The Morgan fingerprint density at radius 1 is 1.48 bits per heavy atom. The molecular formula is C14H22ClIN4O. The van der Waals surface area contributed by atoms with Crippen LogP contribution in [0.4, 0.5) is 5.69 Å². The number of anilines is 1. The van der Waals surface area contributed by atoms with Crippen molar-refractivity contribution in [1.82, 2.24) is 10.6 Å². The molecule has 0 saturated carbocycles. The first kappa shape index (κ1) is 18.2. The van der Waals surface area contributed by atoms with Gasteiger partial charge < -0.3 is 20.3 Å². The van der Waals surface area contributed by atoms with Crippen LogP contribution in [0, 0.1) is 0 Å². The zero-order chi connectivity index (χ0) is 14.5. The summed E-state index contributed by atoms with van der Waals surface area (Å²) in [6, 6.07) is 6.07. The third kappa shape index (κ3) is 4.54. The second-order valence-corrected chi connectivity index (χ2v) is 5.15. The quantitative estimate of drug-likeness (QED) is 0.444. The molecule has 0 aliphatic carbocycles. The molecular weight excluding hydrogens is 403 g/mol. The van der Waals surface area contributed by atoms with Crippen LogP contribution >= 0.6 is 35.6 Å². The van der Waals surface area contributed by atoms with E-state index in [0.29, 0.717) is 6.04 Å². The van der Waals surface area contributed by atoms with Crippen molar-refractivity contribution in [2.75, 3.05) is 39.2 Å². The molecule has 7 heteroatoms. The lowest BCUT2D eigenvalue weighted by Crippen LogP contribution is -2.43. The molecule has 1 aliphatic rings. The summed E-state index contributed by atoms with van der Waals surface area (Å²) in [4.78, 5) is 6.43. The molecule has 1 unspecified atom stereocenters. The molecule has 5 nitrogen and oxygen atoms in total. The lowest BCUT2D eigenvalue weighted by molar-refractivity contribution is 0.415. The topological polar surface area (TPSA) is 48.9 Å². The highest BCUT2D eigenvalue weighted by molar-refractivity contribution is 14.0. The maximum absolute atomic E-state index is 6.09. The first-order valence-electron chi connectivity index (χ1n) is 6.67. The van der Waals surface area contributed by atoms with Crippen LogP contribution in [0.2, 0.25) is 5.02 Å². The van der Waals surface area contributed by atoms with Crippen molar-refractivity contribution in [3.63, 3.8) is 0 Å². The van der Waals surface area contributed by atoms with E-state index in [1.165, 1.54) is 0 Å². The van der Waals surface area contributed by atoms with E-state index in [0.717, 1.165) is 41.9 Å². The maximum Gasteiger partial charge on any atom is 0.190 e. The number of hydrogen-bond acceptors (Lipinski definition) is 3. The number of rotatable bonds is 3. The first-order valence-corrected chi connectivity index (χ1v) is 7.05. The van der Waals surface area contributed by atoms with E-state index in [1.54, 1.807) is 14.2 Å². The standard InChI is InChI=1S/C14H21ClN4O.HI/c1-16-14(17-2)18-11-6-7-19(9-11)12-8-10(15)4-5-13(12)20-3;/h4-5,8,11H,6-7,9H2,1-3H3,(H2,16,17,18);1H. The zero-order valence-corrected chi connectivity index (χ0v) is 15.6. The van der Waals surface area contributed by atoms with Crippen molar-refractivity contribution in [2.24, 2.45) is 4.99 Å². The second kappa shape index (κ2) is 8.53. The smallest absolute Gasteiger partial charge is 0.190 e. The lowest BCUT2D eigenvalue weighted by atomic mass is 10.2. The highest BCUT2D eigenvalue weighted by atomic mass is 127. The fourth-order valence-corrected chi connectivity index (χ4v) is 2.62. The Labute approximate surface area is 148 Å². The van der Waals surface area contributed by atoms with Crippen LogP contribution in [0.25, 0.3) is 0 Å². The van der Waals surface area contributed by atoms with Gasteiger partial charge in [0.2, 0.25) is 0 Å². The average molecular weight is 425 g/mol. The molecule has 1 aliphatic heterocycles. The second-order valence-electron chi connectivity index (χ2n) is 4.71. The number of nitrogens with zero attached hydrogens (tertiary/aromatic N) is 2. The van der Waals surface area contributed by atoms with E-state index < -0.39 is 0 Å². The Hall–Kier alpha value is -0.890. The molecule has 2 rings (SSSR count). The Kier molecular flexibility index (Phi) is 7.37. The highest BCUT2D eigenvalue weighted by Gasteiger charge is 2.25. The number of benzene rings is 1. The van der Waals surface area contributed by atoms with Gasteiger partial charge in [-0.15, -0.1) is 24.0 Å². The molecule has 1 atom stereocenters. The van der Waals surface area contributed by atoms with Crippen LogP contribution in [-0.4, -0.2) is 46.3 Å². The third-order valence-corrected chi connectivity index (χ3v) is 3.71. The normalized spacial score (nSPS) is 18.2. The Morgan fingerprint density at radius 3 is 2.86 bits per heavy atom. The van der Waals surface area contributed by atoms with Gasteiger partial charge in [-0.2, -0.15) is 0 Å². The minimum atomic E-state index is 0. The number of nitrogens with one attached hydrogen (secondary N) is 2. The number of methoxy groups -OCH3 is 1. The largest absolute Gasteiger partial charge is 0.495 e. The van der Waals surface area contributed by atoms with Crippen molar-refractivity contribution in [2.45, 2.75) is 12.5 Å². The predicted molar refractivity (Wildman–Crippen MR) is 99.6 cm³/mol. The lowest BCUT2D eigenvalue weighted by Gasteiger charge is -2.22. The van der Waals surface area contributed by atoms with Crippen LogP contribution in [0.5, 0.6) is 5.75 Å². The molecule has 0 spiro atoms. The van der Waals surface area contributed by atoms with Gasteiger partial charge in [0.15, 0.2) is 5.96 Å². The summed E-state index contributed by atoms with van der Waals surface area (Å²) < 4.78 is 5.41. The predicted octanol–water partition coefficient (Wildman–Crippen LogP) is 2.34. The van der Waals surface area contributed by atoms with Gasteiger partial charge in [0.25, 0.3) is 0 Å². The molecule has 21 heavy (non-hydrogen) atoms. The van der Waals surface area contributed by atoms with Crippen molar-refractivity contribution >= 4 is 47.2 Å². The SMILES string of the molecule is CN=C(NC)NC1CCN(c2cc(Cl)ccc2OC)C1.I. The van der Waals surface area contributed by atoms with Crippen molar-refractivity contribution < 1.29 is 4.74 Å². The summed E-state index contributed by atoms with van der Waals surface area (Å²) in [5, 5.41) is 7.16. The van der Waals surface area contributed by atoms with Crippen LogP contribution in [0.1, 0.15) is 6.42 Å². The number of guanidine groups is 1. The third-order valence-electron chi connectivity index (χ3n) is 3.47. The maximum atomic E-state index is 6.09. The molecule has 1 fully saturated rings. The minimum Gasteiger partial charge on any atom is -0.495 e. The van der Waals surface area contributed by atoms with Gasteiger partial charge in [-0.05, 0) is 24.6 Å². The molecule has 0 bridgehead atoms. The fraction of sp³-hybridized carbons (Fsp3) is 0.500. The molecule has 0 aromatic heterocycles. The van der Waals surface area contributed by atoms with E-state index >= 15 is 0 Å². The monoisotopic (exact) mass is 424 g/mol. The van der Waals surface area contributed by atoms with Crippen molar-refractivity contribution in [3.05, 3.63) is 23.2 Å². The molecule has 118 valence electrons. The van der Waals surface area contributed by atoms with Gasteiger partial charge in [-0.25, -0.2) is 0 Å². The van der Waals surface area contributed by atoms with Crippen LogP contribution in [0.15, 0.2) is 23.2 Å².